The van der Waals surface area contributed by atoms with Gasteiger partial charge in [-0.05, 0) is 23.8 Å². The molecule has 0 amide bonds. The van der Waals surface area contributed by atoms with Gasteiger partial charge in [-0.2, -0.15) is 0 Å². The highest BCUT2D eigenvalue weighted by Gasteiger charge is 2.32. The lowest BCUT2D eigenvalue weighted by Gasteiger charge is -2.28. The van der Waals surface area contributed by atoms with Gasteiger partial charge in [-0.3, -0.25) is 0 Å². The zero-order valence-electron chi connectivity index (χ0n) is 12.5. The molecule has 1 heterocycles. The number of rotatable bonds is 2. The summed E-state index contributed by atoms with van der Waals surface area (Å²) in [6.45, 7) is 0. The third-order valence-corrected chi connectivity index (χ3v) is 4.07. The molecule has 0 aliphatic carbocycles. The summed E-state index contributed by atoms with van der Waals surface area (Å²) < 4.78 is 0. The van der Waals surface area contributed by atoms with Crippen molar-refractivity contribution in [2.45, 2.75) is 6.17 Å². The first-order valence-corrected chi connectivity index (χ1v) is 6.91. The molecule has 1 aliphatic rings. The molecule has 3 nitrogen and oxygen atoms in total. The number of hydrogen-bond donors (Lipinski definition) is 0. The van der Waals surface area contributed by atoms with Gasteiger partial charge < -0.3 is 14.7 Å². The van der Waals surface area contributed by atoms with E-state index in [1.807, 2.05) is 0 Å². The molecule has 1 atom stereocenters. The first kappa shape index (κ1) is 12.9. The summed E-state index contributed by atoms with van der Waals surface area (Å²) in [5.74, 6) is 0. The van der Waals surface area contributed by atoms with Crippen LogP contribution in [0, 0.1) is 0 Å². The summed E-state index contributed by atoms with van der Waals surface area (Å²) in [4.78, 5) is 6.83. The second-order valence-electron chi connectivity index (χ2n) is 5.57. The van der Waals surface area contributed by atoms with Crippen molar-refractivity contribution < 1.29 is 0 Å². The van der Waals surface area contributed by atoms with Crippen molar-refractivity contribution in [2.24, 2.45) is 0 Å². The maximum absolute atomic E-state index is 2.34. The van der Waals surface area contributed by atoms with Crippen LogP contribution in [0.5, 0.6) is 0 Å². The summed E-state index contributed by atoms with van der Waals surface area (Å²) >= 11 is 0. The molecule has 0 bridgehead atoms. The van der Waals surface area contributed by atoms with Crippen molar-refractivity contribution in [3.63, 3.8) is 0 Å². The van der Waals surface area contributed by atoms with Crippen LogP contribution in [-0.4, -0.2) is 28.2 Å². The highest BCUT2D eigenvalue weighted by atomic mass is 15.4. The van der Waals surface area contributed by atoms with Crippen molar-refractivity contribution >= 4 is 17.1 Å². The molecule has 3 rings (SSSR count). The van der Waals surface area contributed by atoms with Crippen LogP contribution in [0.25, 0.3) is 0 Å². The molecule has 104 valence electrons. The number of benzene rings is 2. The lowest BCUT2D eigenvalue weighted by Crippen LogP contribution is -2.30. The number of anilines is 3. The van der Waals surface area contributed by atoms with Gasteiger partial charge in [0.2, 0.25) is 0 Å². The molecule has 0 aromatic heterocycles. The average molecular weight is 267 g/mol. The van der Waals surface area contributed by atoms with E-state index in [1.165, 1.54) is 22.6 Å². The fourth-order valence-electron chi connectivity index (χ4n) is 2.97. The lowest BCUT2D eigenvalue weighted by atomic mass is 10.1. The topological polar surface area (TPSA) is 9.72 Å². The monoisotopic (exact) mass is 267 g/mol. The van der Waals surface area contributed by atoms with Crippen molar-refractivity contribution in [1.29, 1.82) is 0 Å². The Morgan fingerprint density at radius 2 is 1.50 bits per heavy atom. The normalized spacial score (nSPS) is 17.3. The molecule has 0 saturated heterocycles. The van der Waals surface area contributed by atoms with Crippen LogP contribution in [0.3, 0.4) is 0 Å². The molecule has 2 aromatic carbocycles. The van der Waals surface area contributed by atoms with E-state index in [2.05, 4.69) is 91.4 Å². The van der Waals surface area contributed by atoms with E-state index >= 15 is 0 Å². The number of hydrogen-bond acceptors (Lipinski definition) is 3. The standard InChI is InChI=1S/C17H21N3/c1-18(2)14-10-11-15-16(12-14)20(4)17(19(15)3)13-8-6-5-7-9-13/h5-12,17H,1-4H3. The summed E-state index contributed by atoms with van der Waals surface area (Å²) in [6.07, 6.45) is 0.267. The van der Waals surface area contributed by atoms with E-state index in [0.717, 1.165) is 0 Å². The predicted octanol–water partition coefficient (Wildman–Crippen LogP) is 3.34. The van der Waals surface area contributed by atoms with Gasteiger partial charge >= 0.3 is 0 Å². The number of nitrogens with zero attached hydrogens (tertiary/aromatic N) is 3. The maximum atomic E-state index is 2.34. The molecule has 0 N–H and O–H groups in total. The Labute approximate surface area is 121 Å². The van der Waals surface area contributed by atoms with Crippen LogP contribution in [0.1, 0.15) is 11.7 Å². The largest absolute Gasteiger partial charge is 0.378 e. The molecule has 0 radical (unpaired) electrons. The second-order valence-corrected chi connectivity index (χ2v) is 5.57. The Morgan fingerprint density at radius 1 is 0.850 bits per heavy atom. The minimum absolute atomic E-state index is 0.267. The zero-order valence-corrected chi connectivity index (χ0v) is 12.5. The molecule has 3 heteroatoms. The predicted molar refractivity (Wildman–Crippen MR) is 86.8 cm³/mol. The van der Waals surface area contributed by atoms with Crippen LogP contribution in [-0.2, 0) is 0 Å². The number of fused-ring (bicyclic) bond motifs is 1. The maximum Gasteiger partial charge on any atom is 0.128 e. The van der Waals surface area contributed by atoms with Crippen molar-refractivity contribution in [3.05, 3.63) is 54.1 Å². The van der Waals surface area contributed by atoms with Gasteiger partial charge in [0.25, 0.3) is 0 Å². The van der Waals surface area contributed by atoms with Gasteiger partial charge in [-0.25, -0.2) is 0 Å². The first-order chi connectivity index (χ1) is 9.59. The van der Waals surface area contributed by atoms with Crippen LogP contribution in [0.2, 0.25) is 0 Å². The van der Waals surface area contributed by atoms with E-state index in [-0.39, 0.29) is 6.17 Å². The Balaban J connectivity index is 2.03. The van der Waals surface area contributed by atoms with Crippen LogP contribution < -0.4 is 14.7 Å². The molecule has 1 aliphatic heterocycles. The molecule has 0 fully saturated rings. The average Bonchev–Trinajstić information content (AvgIpc) is 2.71. The minimum Gasteiger partial charge on any atom is -0.378 e. The second kappa shape index (κ2) is 4.75. The molecule has 20 heavy (non-hydrogen) atoms. The van der Waals surface area contributed by atoms with Crippen LogP contribution in [0.15, 0.2) is 48.5 Å². The smallest absolute Gasteiger partial charge is 0.128 e. The Bertz CT molecular complexity index is 607. The van der Waals surface area contributed by atoms with Crippen molar-refractivity contribution in [3.8, 4) is 0 Å². The third kappa shape index (κ3) is 1.90. The summed E-state index contributed by atoms with van der Waals surface area (Å²) in [6, 6.07) is 17.3. The summed E-state index contributed by atoms with van der Waals surface area (Å²) in [5, 5.41) is 0. The van der Waals surface area contributed by atoms with Crippen molar-refractivity contribution in [2.75, 3.05) is 42.9 Å². The Morgan fingerprint density at radius 3 is 2.15 bits per heavy atom. The third-order valence-electron chi connectivity index (χ3n) is 4.07. The zero-order chi connectivity index (χ0) is 14.3. The van der Waals surface area contributed by atoms with E-state index in [4.69, 9.17) is 0 Å². The van der Waals surface area contributed by atoms with E-state index in [9.17, 15) is 0 Å². The van der Waals surface area contributed by atoms with Gasteiger partial charge in [0.15, 0.2) is 0 Å². The molecule has 1 unspecified atom stereocenters. The quantitative estimate of drug-likeness (QED) is 0.826. The van der Waals surface area contributed by atoms with E-state index in [0.29, 0.717) is 0 Å². The summed E-state index contributed by atoms with van der Waals surface area (Å²) in [5.41, 5.74) is 5.12. The molecular formula is C17H21N3. The highest BCUT2D eigenvalue weighted by Crippen LogP contribution is 2.45. The molecular weight excluding hydrogens is 246 g/mol. The highest BCUT2D eigenvalue weighted by molar-refractivity contribution is 5.81. The van der Waals surface area contributed by atoms with Gasteiger partial charge in [0.1, 0.15) is 6.17 Å². The minimum atomic E-state index is 0.267. The van der Waals surface area contributed by atoms with Crippen molar-refractivity contribution in [1.82, 2.24) is 0 Å². The van der Waals surface area contributed by atoms with E-state index in [1.54, 1.807) is 0 Å². The van der Waals surface area contributed by atoms with Gasteiger partial charge in [0.05, 0.1) is 11.4 Å². The van der Waals surface area contributed by atoms with Crippen LogP contribution >= 0.6 is 0 Å². The van der Waals surface area contributed by atoms with E-state index < -0.39 is 0 Å². The Hall–Kier alpha value is -2.16. The van der Waals surface area contributed by atoms with Gasteiger partial charge in [-0.15, -0.1) is 0 Å². The first-order valence-electron chi connectivity index (χ1n) is 6.91. The molecule has 0 saturated carbocycles. The Kier molecular flexibility index (Phi) is 3.05. The molecule has 2 aromatic rings. The summed E-state index contributed by atoms with van der Waals surface area (Å²) in [7, 11) is 8.49. The van der Waals surface area contributed by atoms with Gasteiger partial charge in [-0.1, -0.05) is 30.3 Å². The fourth-order valence-corrected chi connectivity index (χ4v) is 2.97. The fraction of sp³-hybridized carbons (Fsp3) is 0.294. The SMILES string of the molecule is CN(C)c1ccc2c(c1)N(C)C(c1ccccc1)N2C. The lowest BCUT2D eigenvalue weighted by molar-refractivity contribution is 0.694. The van der Waals surface area contributed by atoms with Gasteiger partial charge in [0, 0.05) is 33.9 Å². The van der Waals surface area contributed by atoms with Crippen LogP contribution in [0.4, 0.5) is 17.1 Å². The molecule has 0 spiro atoms.